The fourth-order valence-electron chi connectivity index (χ4n) is 3.10. The Morgan fingerprint density at radius 2 is 2.12 bits per heavy atom. The number of allylic oxidation sites excluding steroid dienone is 2. The largest absolute Gasteiger partial charge is 0.373 e. The van der Waals surface area contributed by atoms with Crippen molar-refractivity contribution in [3.63, 3.8) is 0 Å². The Bertz CT molecular complexity index is 627. The number of hydrogen-bond donors (Lipinski definition) is 1. The van der Waals surface area contributed by atoms with Gasteiger partial charge in [-0.05, 0) is 49.5 Å². The number of rotatable bonds is 8. The van der Waals surface area contributed by atoms with Gasteiger partial charge in [0.2, 0.25) is 0 Å². The lowest BCUT2D eigenvalue weighted by Gasteiger charge is -2.21. The van der Waals surface area contributed by atoms with Crippen LogP contribution >= 0.6 is 0 Å². The first-order valence-electron chi connectivity index (χ1n) is 9.17. The number of likely N-dealkylation sites (tertiary alicyclic amines) is 1. The van der Waals surface area contributed by atoms with Crippen LogP contribution in [0.4, 0.5) is 0 Å². The predicted molar refractivity (Wildman–Crippen MR) is 109 cm³/mol. The quantitative estimate of drug-likeness (QED) is 0.737. The summed E-state index contributed by atoms with van der Waals surface area (Å²) in [6.07, 6.45) is 6.98. The van der Waals surface area contributed by atoms with Crippen molar-refractivity contribution in [1.29, 1.82) is 0 Å². The minimum atomic E-state index is 0.250. The van der Waals surface area contributed by atoms with Crippen LogP contribution in [0, 0.1) is 0 Å². The van der Waals surface area contributed by atoms with E-state index in [1.807, 2.05) is 13.3 Å². The lowest BCUT2D eigenvalue weighted by atomic mass is 10.0. The van der Waals surface area contributed by atoms with Crippen LogP contribution in [0.3, 0.4) is 0 Å². The summed E-state index contributed by atoms with van der Waals surface area (Å²) < 4.78 is 0. The fourth-order valence-corrected chi connectivity index (χ4v) is 3.10. The van der Waals surface area contributed by atoms with Crippen LogP contribution in [-0.2, 0) is 6.54 Å². The van der Waals surface area contributed by atoms with E-state index in [4.69, 9.17) is 10.7 Å². The highest BCUT2D eigenvalue weighted by atomic mass is 15.2. The first-order chi connectivity index (χ1) is 12.0. The molecule has 25 heavy (non-hydrogen) atoms. The van der Waals surface area contributed by atoms with Crippen LogP contribution < -0.4 is 5.73 Å². The SMILES string of the molecule is C=C(CN)N(C)Cc1cccc(C(/C=N\C(C)N2CCCC2)=C/C)c1. The van der Waals surface area contributed by atoms with Gasteiger partial charge in [-0.25, -0.2) is 0 Å². The van der Waals surface area contributed by atoms with Gasteiger partial charge >= 0.3 is 0 Å². The maximum atomic E-state index is 5.67. The van der Waals surface area contributed by atoms with Crippen molar-refractivity contribution >= 4 is 11.8 Å². The molecule has 1 aliphatic heterocycles. The van der Waals surface area contributed by atoms with Gasteiger partial charge in [0.1, 0.15) is 0 Å². The number of nitrogens with zero attached hydrogens (tertiary/aromatic N) is 3. The summed E-state index contributed by atoms with van der Waals surface area (Å²) in [5.41, 5.74) is 10.2. The molecule has 1 aromatic rings. The molecule has 4 heteroatoms. The van der Waals surface area contributed by atoms with E-state index >= 15 is 0 Å². The van der Waals surface area contributed by atoms with Crippen molar-refractivity contribution in [2.24, 2.45) is 10.7 Å². The average Bonchev–Trinajstić information content (AvgIpc) is 3.16. The molecule has 1 aromatic carbocycles. The predicted octanol–water partition coefficient (Wildman–Crippen LogP) is 3.51. The maximum Gasteiger partial charge on any atom is 0.0990 e. The van der Waals surface area contributed by atoms with Crippen molar-refractivity contribution < 1.29 is 0 Å². The third-order valence-electron chi connectivity index (χ3n) is 4.86. The van der Waals surface area contributed by atoms with E-state index in [0.29, 0.717) is 6.54 Å². The van der Waals surface area contributed by atoms with Gasteiger partial charge in [-0.1, -0.05) is 30.9 Å². The van der Waals surface area contributed by atoms with Gasteiger partial charge in [-0.15, -0.1) is 0 Å². The molecule has 2 N–H and O–H groups in total. The highest BCUT2D eigenvalue weighted by Gasteiger charge is 2.16. The van der Waals surface area contributed by atoms with E-state index in [2.05, 4.69) is 60.6 Å². The summed E-state index contributed by atoms with van der Waals surface area (Å²) >= 11 is 0. The van der Waals surface area contributed by atoms with Crippen molar-refractivity contribution in [3.05, 3.63) is 53.7 Å². The molecule has 1 saturated heterocycles. The number of nitrogens with two attached hydrogens (primary N) is 1. The Kier molecular flexibility index (Phi) is 7.41. The van der Waals surface area contributed by atoms with Crippen LogP contribution in [0.15, 0.2) is 47.6 Å². The van der Waals surface area contributed by atoms with Gasteiger partial charge in [0.05, 0.1) is 6.17 Å². The smallest absolute Gasteiger partial charge is 0.0990 e. The molecule has 0 spiro atoms. The highest BCUT2D eigenvalue weighted by molar-refractivity contribution is 6.09. The van der Waals surface area contributed by atoms with E-state index in [0.717, 1.165) is 30.9 Å². The van der Waals surface area contributed by atoms with Crippen LogP contribution in [-0.4, -0.2) is 48.9 Å². The Hall–Kier alpha value is -1.91. The number of benzene rings is 1. The molecule has 1 fully saturated rings. The molecule has 0 radical (unpaired) electrons. The molecule has 1 aliphatic rings. The molecular formula is C21H32N4. The van der Waals surface area contributed by atoms with Crippen LogP contribution in [0.5, 0.6) is 0 Å². The minimum absolute atomic E-state index is 0.250. The molecular weight excluding hydrogens is 308 g/mol. The summed E-state index contributed by atoms with van der Waals surface area (Å²) in [5, 5.41) is 0. The highest BCUT2D eigenvalue weighted by Crippen LogP contribution is 2.18. The first-order valence-corrected chi connectivity index (χ1v) is 9.17. The molecule has 0 saturated carbocycles. The van der Waals surface area contributed by atoms with Crippen LogP contribution in [0.2, 0.25) is 0 Å². The maximum absolute atomic E-state index is 5.67. The third kappa shape index (κ3) is 5.55. The summed E-state index contributed by atoms with van der Waals surface area (Å²) in [5.74, 6) is 0. The van der Waals surface area contributed by atoms with E-state index in [9.17, 15) is 0 Å². The molecule has 0 amide bonds. The average molecular weight is 341 g/mol. The normalized spacial score (nSPS) is 17.2. The van der Waals surface area contributed by atoms with Gasteiger partial charge in [0.25, 0.3) is 0 Å². The zero-order chi connectivity index (χ0) is 18.2. The van der Waals surface area contributed by atoms with E-state index in [1.165, 1.54) is 24.0 Å². The summed E-state index contributed by atoms with van der Waals surface area (Å²) in [6, 6.07) is 8.61. The molecule has 0 aromatic heterocycles. The number of likely N-dealkylation sites (N-methyl/N-ethyl adjacent to an activating group) is 1. The second-order valence-electron chi connectivity index (χ2n) is 6.72. The Labute approximate surface area is 152 Å². The minimum Gasteiger partial charge on any atom is -0.373 e. The molecule has 1 unspecified atom stereocenters. The van der Waals surface area contributed by atoms with Crippen molar-refractivity contribution in [3.8, 4) is 0 Å². The molecule has 2 rings (SSSR count). The van der Waals surface area contributed by atoms with Crippen molar-refractivity contribution in [1.82, 2.24) is 9.80 Å². The van der Waals surface area contributed by atoms with E-state index in [1.54, 1.807) is 0 Å². The Balaban J connectivity index is 2.07. The fraction of sp³-hybridized carbons (Fsp3) is 0.476. The molecule has 136 valence electrons. The van der Waals surface area contributed by atoms with Crippen LogP contribution in [0.25, 0.3) is 5.57 Å². The van der Waals surface area contributed by atoms with Crippen molar-refractivity contribution in [2.45, 2.75) is 39.4 Å². The zero-order valence-electron chi connectivity index (χ0n) is 15.9. The first kappa shape index (κ1) is 19.4. The summed E-state index contributed by atoms with van der Waals surface area (Å²) in [4.78, 5) is 9.31. The number of aliphatic imine (C=N–C) groups is 1. The zero-order valence-corrected chi connectivity index (χ0v) is 15.9. The third-order valence-corrected chi connectivity index (χ3v) is 4.86. The topological polar surface area (TPSA) is 44.9 Å². The lowest BCUT2D eigenvalue weighted by Crippen LogP contribution is -2.28. The van der Waals surface area contributed by atoms with Gasteiger partial charge in [-0.2, -0.15) is 0 Å². The van der Waals surface area contributed by atoms with Crippen LogP contribution in [0.1, 0.15) is 37.8 Å². The van der Waals surface area contributed by atoms with Gasteiger partial charge in [-0.3, -0.25) is 9.89 Å². The monoisotopic (exact) mass is 340 g/mol. The summed E-state index contributed by atoms with van der Waals surface area (Å²) in [6.45, 7) is 11.9. The van der Waals surface area contributed by atoms with Gasteiger partial charge in [0.15, 0.2) is 0 Å². The molecule has 0 bridgehead atoms. The lowest BCUT2D eigenvalue weighted by molar-refractivity contribution is 0.268. The number of hydrogen-bond acceptors (Lipinski definition) is 4. The second kappa shape index (κ2) is 9.54. The standard InChI is InChI=1S/C21H32N4/c1-5-20(15-23-18(3)25-11-6-7-12-25)21-10-8-9-19(13-21)16-24(4)17(2)14-22/h5,8-10,13,15,18H,2,6-7,11-12,14,16,22H2,1,3-4H3/b20-5+,23-15-. The van der Waals surface area contributed by atoms with E-state index < -0.39 is 0 Å². The van der Waals surface area contributed by atoms with Gasteiger partial charge < -0.3 is 10.6 Å². The molecule has 0 aliphatic carbocycles. The second-order valence-corrected chi connectivity index (χ2v) is 6.72. The van der Waals surface area contributed by atoms with Gasteiger partial charge in [0, 0.05) is 45.1 Å². The molecule has 1 atom stereocenters. The summed E-state index contributed by atoms with van der Waals surface area (Å²) in [7, 11) is 2.03. The molecule has 4 nitrogen and oxygen atoms in total. The van der Waals surface area contributed by atoms with Crippen molar-refractivity contribution in [2.75, 3.05) is 26.7 Å². The Morgan fingerprint density at radius 3 is 2.76 bits per heavy atom. The van der Waals surface area contributed by atoms with E-state index in [-0.39, 0.29) is 6.17 Å². The molecule has 1 heterocycles. The Morgan fingerprint density at radius 1 is 1.40 bits per heavy atom.